The lowest BCUT2D eigenvalue weighted by Gasteiger charge is -2.13. The van der Waals surface area contributed by atoms with Gasteiger partial charge in [-0.3, -0.25) is 4.79 Å². The van der Waals surface area contributed by atoms with Crippen LogP contribution >= 0.6 is 0 Å². The molecule has 1 aromatic heterocycles. The quantitative estimate of drug-likeness (QED) is 0.817. The van der Waals surface area contributed by atoms with Gasteiger partial charge in [0.1, 0.15) is 4.90 Å². The van der Waals surface area contributed by atoms with Crippen molar-refractivity contribution in [2.24, 2.45) is 0 Å². The van der Waals surface area contributed by atoms with Gasteiger partial charge in [0.2, 0.25) is 0 Å². The van der Waals surface area contributed by atoms with Crippen molar-refractivity contribution in [1.82, 2.24) is 4.98 Å². The summed E-state index contributed by atoms with van der Waals surface area (Å²) in [7, 11) is -3.47. The third-order valence-electron chi connectivity index (χ3n) is 3.47. The van der Waals surface area contributed by atoms with Crippen LogP contribution < -0.4 is 5.56 Å². The van der Waals surface area contributed by atoms with E-state index < -0.39 is 15.4 Å². The van der Waals surface area contributed by atoms with Crippen LogP contribution in [0, 0.1) is 13.8 Å². The van der Waals surface area contributed by atoms with Gasteiger partial charge in [-0.2, -0.15) is 0 Å². The van der Waals surface area contributed by atoms with Gasteiger partial charge in [-0.25, -0.2) is 8.42 Å². The van der Waals surface area contributed by atoms with Gasteiger partial charge in [-0.15, -0.1) is 0 Å². The Morgan fingerprint density at radius 1 is 1.11 bits per heavy atom. The van der Waals surface area contributed by atoms with Crippen LogP contribution in [0.4, 0.5) is 0 Å². The minimum Gasteiger partial charge on any atom is -0.325 e. The highest BCUT2D eigenvalue weighted by Crippen LogP contribution is 2.20. The SMILES string of the molecule is CCCCCc1c(C)[nH]c(=O)c(S(=O)(=O)CC)c1C. The summed E-state index contributed by atoms with van der Waals surface area (Å²) in [5.74, 6) is -0.0472. The molecule has 108 valence electrons. The third kappa shape index (κ3) is 3.47. The molecule has 0 saturated carbocycles. The van der Waals surface area contributed by atoms with E-state index in [2.05, 4.69) is 11.9 Å². The molecule has 0 fully saturated rings. The molecule has 0 aliphatic carbocycles. The van der Waals surface area contributed by atoms with E-state index in [1.165, 1.54) is 0 Å². The standard InChI is InChI=1S/C14H23NO3S/c1-5-7-8-9-12-10(3)13(19(17,18)6-2)14(16)15-11(12)4/h5-9H2,1-4H3,(H,15,16). The van der Waals surface area contributed by atoms with Crippen LogP contribution in [0.1, 0.15) is 49.9 Å². The van der Waals surface area contributed by atoms with Gasteiger partial charge in [0.15, 0.2) is 9.84 Å². The fourth-order valence-corrected chi connectivity index (χ4v) is 3.55. The Morgan fingerprint density at radius 2 is 1.74 bits per heavy atom. The van der Waals surface area contributed by atoms with Crippen LogP contribution in [-0.4, -0.2) is 19.2 Å². The van der Waals surface area contributed by atoms with Crippen LogP contribution in [0.2, 0.25) is 0 Å². The molecule has 0 saturated heterocycles. The van der Waals surface area contributed by atoms with Crippen molar-refractivity contribution in [1.29, 1.82) is 0 Å². The minimum atomic E-state index is -3.47. The van der Waals surface area contributed by atoms with Gasteiger partial charge in [-0.1, -0.05) is 26.7 Å². The first kappa shape index (κ1) is 16.0. The Bertz CT molecular complexity index is 600. The molecule has 19 heavy (non-hydrogen) atoms. The summed E-state index contributed by atoms with van der Waals surface area (Å²) in [6.45, 7) is 7.26. The smallest absolute Gasteiger partial charge is 0.267 e. The predicted octanol–water partition coefficient (Wildman–Crippen LogP) is 2.52. The van der Waals surface area contributed by atoms with E-state index in [0.29, 0.717) is 5.56 Å². The fraction of sp³-hybridized carbons (Fsp3) is 0.643. The first-order valence-electron chi connectivity index (χ1n) is 6.80. The molecule has 4 nitrogen and oxygen atoms in total. The van der Waals surface area contributed by atoms with Crippen molar-refractivity contribution in [3.63, 3.8) is 0 Å². The zero-order valence-electron chi connectivity index (χ0n) is 12.2. The molecular formula is C14H23NO3S. The highest BCUT2D eigenvalue weighted by molar-refractivity contribution is 7.91. The van der Waals surface area contributed by atoms with Crippen LogP contribution in [0.5, 0.6) is 0 Å². The summed E-state index contributed by atoms with van der Waals surface area (Å²) in [6.07, 6.45) is 4.04. The van der Waals surface area contributed by atoms with E-state index in [1.54, 1.807) is 13.8 Å². The maximum absolute atomic E-state index is 12.0. The summed E-state index contributed by atoms with van der Waals surface area (Å²) >= 11 is 0. The lowest BCUT2D eigenvalue weighted by atomic mass is 10.0. The molecular weight excluding hydrogens is 262 g/mol. The van der Waals surface area contributed by atoms with Crippen molar-refractivity contribution in [3.8, 4) is 0 Å². The lowest BCUT2D eigenvalue weighted by molar-refractivity contribution is 0.594. The average Bonchev–Trinajstić information content (AvgIpc) is 2.32. The summed E-state index contributed by atoms with van der Waals surface area (Å²) in [4.78, 5) is 14.5. The Balaban J connectivity index is 3.35. The van der Waals surface area contributed by atoms with Crippen molar-refractivity contribution >= 4 is 9.84 Å². The molecule has 0 aliphatic heterocycles. The molecule has 0 amide bonds. The molecule has 0 radical (unpaired) electrons. The van der Waals surface area contributed by atoms with Gasteiger partial charge in [0.05, 0.1) is 5.75 Å². The maximum Gasteiger partial charge on any atom is 0.267 e. The van der Waals surface area contributed by atoms with E-state index in [4.69, 9.17) is 0 Å². The summed E-state index contributed by atoms with van der Waals surface area (Å²) in [5, 5.41) is 0. The second-order valence-electron chi connectivity index (χ2n) is 4.87. The number of nitrogens with one attached hydrogen (secondary N) is 1. The number of pyridine rings is 1. The summed E-state index contributed by atoms with van der Waals surface area (Å²) in [5.41, 5.74) is 1.89. The first-order valence-corrected chi connectivity index (χ1v) is 8.45. The number of sulfone groups is 1. The number of aromatic amines is 1. The molecule has 0 unspecified atom stereocenters. The van der Waals surface area contributed by atoms with Crippen molar-refractivity contribution < 1.29 is 8.42 Å². The molecule has 1 N–H and O–H groups in total. The number of hydrogen-bond acceptors (Lipinski definition) is 3. The van der Waals surface area contributed by atoms with E-state index in [-0.39, 0.29) is 10.6 Å². The number of aryl methyl sites for hydroxylation is 1. The van der Waals surface area contributed by atoms with Gasteiger partial charge < -0.3 is 4.98 Å². The average molecular weight is 285 g/mol. The number of H-pyrrole nitrogens is 1. The molecule has 0 aromatic carbocycles. The first-order chi connectivity index (χ1) is 8.85. The van der Waals surface area contributed by atoms with Crippen LogP contribution in [-0.2, 0) is 16.3 Å². The zero-order valence-corrected chi connectivity index (χ0v) is 13.0. The molecule has 5 heteroatoms. The monoisotopic (exact) mass is 285 g/mol. The van der Waals surface area contributed by atoms with Gasteiger partial charge >= 0.3 is 0 Å². The van der Waals surface area contributed by atoms with Gasteiger partial charge in [0, 0.05) is 5.69 Å². The fourth-order valence-electron chi connectivity index (χ4n) is 2.34. The Kier molecular flexibility index (Phi) is 5.35. The number of hydrogen-bond donors (Lipinski definition) is 1. The second-order valence-corrected chi connectivity index (χ2v) is 7.09. The highest BCUT2D eigenvalue weighted by atomic mass is 32.2. The van der Waals surface area contributed by atoms with E-state index in [9.17, 15) is 13.2 Å². The Labute approximate surface area is 115 Å². The lowest BCUT2D eigenvalue weighted by Crippen LogP contribution is -2.23. The van der Waals surface area contributed by atoms with Gasteiger partial charge in [-0.05, 0) is 37.8 Å². The van der Waals surface area contributed by atoms with Crippen molar-refractivity contribution in [2.75, 3.05) is 5.75 Å². The largest absolute Gasteiger partial charge is 0.325 e. The molecule has 1 aromatic rings. The second kappa shape index (κ2) is 6.37. The Hall–Kier alpha value is -1.10. The molecule has 0 aliphatic rings. The molecule has 0 bridgehead atoms. The molecule has 0 spiro atoms. The van der Waals surface area contributed by atoms with E-state index in [0.717, 1.165) is 36.9 Å². The normalized spacial score (nSPS) is 11.8. The minimum absolute atomic E-state index is 0.0472. The Morgan fingerprint density at radius 3 is 2.26 bits per heavy atom. The van der Waals surface area contributed by atoms with Crippen molar-refractivity contribution in [3.05, 3.63) is 27.2 Å². The molecule has 1 heterocycles. The molecule has 1 rings (SSSR count). The maximum atomic E-state index is 12.0. The predicted molar refractivity (Wildman–Crippen MR) is 77.5 cm³/mol. The van der Waals surface area contributed by atoms with Crippen LogP contribution in [0.15, 0.2) is 9.69 Å². The van der Waals surface area contributed by atoms with Crippen molar-refractivity contribution in [2.45, 2.75) is 58.3 Å². The van der Waals surface area contributed by atoms with E-state index in [1.807, 2.05) is 6.92 Å². The number of aromatic nitrogens is 1. The van der Waals surface area contributed by atoms with Gasteiger partial charge in [0.25, 0.3) is 5.56 Å². The number of unbranched alkanes of at least 4 members (excludes halogenated alkanes) is 2. The molecule has 0 atom stereocenters. The van der Waals surface area contributed by atoms with Crippen LogP contribution in [0.3, 0.4) is 0 Å². The van der Waals surface area contributed by atoms with E-state index >= 15 is 0 Å². The summed E-state index contributed by atoms with van der Waals surface area (Å²) < 4.78 is 24.0. The number of rotatable bonds is 6. The zero-order chi connectivity index (χ0) is 14.6. The summed E-state index contributed by atoms with van der Waals surface area (Å²) in [6, 6.07) is 0. The third-order valence-corrected chi connectivity index (χ3v) is 5.35. The topological polar surface area (TPSA) is 67.0 Å². The van der Waals surface area contributed by atoms with Crippen LogP contribution in [0.25, 0.3) is 0 Å². The highest BCUT2D eigenvalue weighted by Gasteiger charge is 2.22.